The van der Waals surface area contributed by atoms with Gasteiger partial charge in [-0.1, -0.05) is 89.6 Å². The molecule has 0 aromatic carbocycles. The summed E-state index contributed by atoms with van der Waals surface area (Å²) in [6.45, 7) is 32.2. The molecule has 0 aliphatic carbocycles. The Kier molecular flexibility index (Phi) is 5.58. The van der Waals surface area contributed by atoms with Crippen LogP contribution in [0.2, 0.25) is 26.7 Å². The van der Waals surface area contributed by atoms with Crippen LogP contribution < -0.4 is 0 Å². The van der Waals surface area contributed by atoms with Gasteiger partial charge in [-0.15, -0.1) is 5.30 Å². The molecule has 0 nitrogen and oxygen atoms in total. The van der Waals surface area contributed by atoms with Gasteiger partial charge in [0.15, 0.2) is 0 Å². The second-order valence-corrected chi connectivity index (χ2v) is 20.8. The van der Waals surface area contributed by atoms with Gasteiger partial charge >= 0.3 is 0 Å². The second kappa shape index (κ2) is 5.50. The Morgan fingerprint density at radius 1 is 0.600 bits per heavy atom. The summed E-state index contributed by atoms with van der Waals surface area (Å²) < 4.78 is 0. The summed E-state index contributed by atoms with van der Waals surface area (Å²) in [4.78, 5) is 0. The number of hydrogen-bond acceptors (Lipinski definition) is 0. The van der Waals surface area contributed by atoms with Crippen molar-refractivity contribution in [1.82, 2.24) is 0 Å². The highest BCUT2D eigenvalue weighted by molar-refractivity contribution is 7.16. The van der Waals surface area contributed by atoms with E-state index in [1.165, 1.54) is 0 Å². The van der Waals surface area contributed by atoms with E-state index in [0.717, 1.165) is 0 Å². The van der Waals surface area contributed by atoms with Crippen molar-refractivity contribution < 1.29 is 0 Å². The summed E-state index contributed by atoms with van der Waals surface area (Å²) in [5, 5.41) is 4.55. The fraction of sp³-hybridized carbons (Fsp3) is 0.944. The molecule has 0 heterocycles. The van der Waals surface area contributed by atoms with Gasteiger partial charge in [-0.3, -0.25) is 0 Å². The van der Waals surface area contributed by atoms with Crippen LogP contribution in [0.4, 0.5) is 0 Å². The maximum Gasteiger partial charge on any atom is 0.0892 e. The van der Waals surface area contributed by atoms with Gasteiger partial charge in [-0.2, -0.15) is 0 Å². The minimum absolute atomic E-state index is 0.390. The van der Waals surface area contributed by atoms with Crippen molar-refractivity contribution >= 4 is 21.8 Å². The third-order valence-electron chi connectivity index (χ3n) is 5.17. The molecule has 2 heteroatoms. The van der Waals surface area contributed by atoms with Gasteiger partial charge in [-0.05, 0) is 20.2 Å². The molecule has 0 atom stereocenters. The molecule has 0 aromatic rings. The zero-order chi connectivity index (χ0) is 16.8. The largest absolute Gasteiger partial charge is 0.112 e. The lowest BCUT2D eigenvalue weighted by molar-refractivity contribution is 0.554. The second-order valence-electron chi connectivity index (χ2n) is 10.6. The van der Waals surface area contributed by atoms with E-state index in [1.807, 2.05) is 0 Å². The van der Waals surface area contributed by atoms with E-state index in [1.54, 1.807) is 0 Å². The average Bonchev–Trinajstić information content (AvgIpc) is 2.04. The SMILES string of the molecule is C/[Si](=C\[Si](C(C)(C)C)(C(C)(C)C)C(C)(C)C)C(C)(C)C. The predicted molar refractivity (Wildman–Crippen MR) is 102 cm³/mol. The van der Waals surface area contributed by atoms with Crippen LogP contribution in [0.5, 0.6) is 0 Å². The van der Waals surface area contributed by atoms with Crippen LogP contribution in [0, 0.1) is 0 Å². The van der Waals surface area contributed by atoms with Crippen LogP contribution in [0.3, 0.4) is 0 Å². The van der Waals surface area contributed by atoms with Gasteiger partial charge in [0.05, 0.1) is 8.07 Å². The highest BCUT2D eigenvalue weighted by atomic mass is 28.4. The third kappa shape index (κ3) is 3.74. The molecular formula is C18H40Si2. The van der Waals surface area contributed by atoms with E-state index >= 15 is 0 Å². The highest BCUT2D eigenvalue weighted by Crippen LogP contribution is 2.61. The Labute approximate surface area is 132 Å². The van der Waals surface area contributed by atoms with E-state index < -0.39 is 16.5 Å². The lowest BCUT2D eigenvalue weighted by Crippen LogP contribution is -2.61. The molecule has 0 unspecified atom stereocenters. The first-order valence-corrected chi connectivity index (χ1v) is 12.2. The minimum atomic E-state index is -1.65. The smallest absolute Gasteiger partial charge is 0.0892 e. The van der Waals surface area contributed by atoms with E-state index in [0.29, 0.717) is 20.2 Å². The van der Waals surface area contributed by atoms with Crippen molar-refractivity contribution in [1.29, 1.82) is 0 Å². The van der Waals surface area contributed by atoms with E-state index in [9.17, 15) is 0 Å². The summed E-state index contributed by atoms with van der Waals surface area (Å²) in [6, 6.07) is 0. The minimum Gasteiger partial charge on any atom is -0.112 e. The van der Waals surface area contributed by atoms with E-state index in [2.05, 4.69) is 94.9 Å². The summed E-state index contributed by atoms with van der Waals surface area (Å²) in [5.74, 6) is 0. The first-order chi connectivity index (χ1) is 8.38. The molecule has 20 heavy (non-hydrogen) atoms. The molecule has 0 amide bonds. The molecule has 0 rings (SSSR count). The fourth-order valence-electron chi connectivity index (χ4n) is 4.57. The molecule has 120 valence electrons. The third-order valence-corrected chi connectivity index (χ3v) is 18.1. The van der Waals surface area contributed by atoms with Crippen LogP contribution in [0.25, 0.3) is 0 Å². The van der Waals surface area contributed by atoms with Gasteiger partial charge in [0, 0.05) is 8.41 Å². The lowest BCUT2D eigenvalue weighted by atomic mass is 10.2. The van der Waals surface area contributed by atoms with Gasteiger partial charge in [0.25, 0.3) is 0 Å². The predicted octanol–water partition coefficient (Wildman–Crippen LogP) is 6.68. The van der Waals surface area contributed by atoms with Gasteiger partial charge in [0.2, 0.25) is 0 Å². The maximum absolute atomic E-state index is 2.93. The first kappa shape index (κ1) is 20.3. The Morgan fingerprint density at radius 3 is 1.00 bits per heavy atom. The molecule has 0 aromatic heterocycles. The highest BCUT2D eigenvalue weighted by Gasteiger charge is 2.58. The Morgan fingerprint density at radius 2 is 0.850 bits per heavy atom. The number of rotatable bonds is 1. The Balaban J connectivity index is 6.52. The van der Waals surface area contributed by atoms with Crippen molar-refractivity contribution in [3.8, 4) is 0 Å². The number of hydrogen-bond donors (Lipinski definition) is 0. The molecule has 0 saturated heterocycles. The first-order valence-electron chi connectivity index (χ1n) is 8.08. The quantitative estimate of drug-likeness (QED) is 0.473. The molecule has 0 fully saturated rings. The molecule has 0 aliphatic rings. The maximum atomic E-state index is 2.93. The summed E-state index contributed by atoms with van der Waals surface area (Å²) in [5.41, 5.74) is 0. The lowest BCUT2D eigenvalue weighted by Gasteiger charge is -2.58. The molecular weight excluding hydrogens is 272 g/mol. The normalized spacial score (nSPS) is 16.6. The molecule has 0 bridgehead atoms. The zero-order valence-corrected chi connectivity index (χ0v) is 18.6. The van der Waals surface area contributed by atoms with Crippen LogP contribution >= 0.6 is 0 Å². The Hall–Kier alpha value is 0.304. The molecule has 0 saturated carbocycles. The van der Waals surface area contributed by atoms with Crippen LogP contribution in [0.1, 0.15) is 83.1 Å². The molecule has 0 radical (unpaired) electrons. The molecule has 0 spiro atoms. The molecule has 0 N–H and O–H groups in total. The Bertz CT molecular complexity index is 326. The van der Waals surface area contributed by atoms with Crippen molar-refractivity contribution in [3.63, 3.8) is 0 Å². The zero-order valence-electron chi connectivity index (χ0n) is 16.6. The summed E-state index contributed by atoms with van der Waals surface area (Å²) in [6.07, 6.45) is 0. The van der Waals surface area contributed by atoms with Gasteiger partial charge in [-0.25, -0.2) is 0 Å². The van der Waals surface area contributed by atoms with Gasteiger partial charge in [0.1, 0.15) is 0 Å². The van der Waals surface area contributed by atoms with Crippen molar-refractivity contribution in [2.24, 2.45) is 0 Å². The van der Waals surface area contributed by atoms with E-state index in [4.69, 9.17) is 0 Å². The fourth-order valence-corrected chi connectivity index (χ4v) is 20.8. The van der Waals surface area contributed by atoms with Crippen molar-refractivity contribution in [2.75, 3.05) is 0 Å². The van der Waals surface area contributed by atoms with Crippen LogP contribution in [-0.2, 0) is 0 Å². The monoisotopic (exact) mass is 312 g/mol. The van der Waals surface area contributed by atoms with Gasteiger partial charge < -0.3 is 0 Å². The van der Waals surface area contributed by atoms with Crippen molar-refractivity contribution in [2.45, 2.75) is 110 Å². The van der Waals surface area contributed by atoms with E-state index in [-0.39, 0.29) is 0 Å². The van der Waals surface area contributed by atoms with Crippen LogP contribution in [-0.4, -0.2) is 21.8 Å². The summed E-state index contributed by atoms with van der Waals surface area (Å²) >= 11 is 0. The molecule has 0 aliphatic heterocycles. The standard InChI is InChI=1S/C18H40Si2/c1-15(2,3)19(13)14-20(16(4,5)6,17(7,8)9)18(10,11)12/h14H,1-13H3/b19-14+. The topological polar surface area (TPSA) is 0 Å². The van der Waals surface area contributed by atoms with Crippen LogP contribution in [0.15, 0.2) is 0 Å². The summed E-state index contributed by atoms with van der Waals surface area (Å²) in [7, 11) is -2.12. The van der Waals surface area contributed by atoms with Crippen molar-refractivity contribution in [3.05, 3.63) is 0 Å². The average molecular weight is 313 g/mol.